The zero-order valence-corrected chi connectivity index (χ0v) is 12.6. The number of fused-ring (bicyclic) bond motifs is 1. The van der Waals surface area contributed by atoms with E-state index in [1.807, 2.05) is 16.8 Å². The average Bonchev–Trinajstić information content (AvgIpc) is 3.28. The fourth-order valence-electron chi connectivity index (χ4n) is 2.73. The van der Waals surface area contributed by atoms with Crippen LogP contribution < -0.4 is 0 Å². The van der Waals surface area contributed by atoms with E-state index in [9.17, 15) is 9.50 Å². The maximum atomic E-state index is 13.9. The summed E-state index contributed by atoms with van der Waals surface area (Å²) in [7, 11) is 0. The molecule has 0 aromatic carbocycles. The first kappa shape index (κ1) is 14.6. The second-order valence-electron chi connectivity index (χ2n) is 5.24. The van der Waals surface area contributed by atoms with Gasteiger partial charge in [-0.05, 0) is 11.4 Å². The van der Waals surface area contributed by atoms with Crippen LogP contribution in [-0.4, -0.2) is 54.7 Å². The molecule has 0 aliphatic carbocycles. The number of imidazole rings is 1. The van der Waals surface area contributed by atoms with E-state index in [-0.39, 0.29) is 0 Å². The van der Waals surface area contributed by atoms with E-state index >= 15 is 0 Å². The Morgan fingerprint density at radius 1 is 1.35 bits per heavy atom. The lowest BCUT2D eigenvalue weighted by atomic mass is 10.1. The molecular weight excluding hydrogens is 323 g/mol. The summed E-state index contributed by atoms with van der Waals surface area (Å²) in [5, 5.41) is 23.0. The molecule has 0 unspecified atom stereocenters. The van der Waals surface area contributed by atoms with Crippen molar-refractivity contribution in [3.05, 3.63) is 29.5 Å². The molecule has 0 spiro atoms. The second kappa shape index (κ2) is 5.60. The summed E-state index contributed by atoms with van der Waals surface area (Å²) >= 11 is 1.54. The zero-order valence-electron chi connectivity index (χ0n) is 11.8. The standard InChI is InChI=1S/C14H13FN4O3S/c15-9-8(3-20)22-14(12(9)21)19-6-18-11-10(7-1-2-23-4-7)16-5-17-13(11)19/h1-2,4-6,8-9,12,14,20-21H,3H2/t8-,9-,12-,14-/m1/s1. The van der Waals surface area contributed by atoms with Gasteiger partial charge in [-0.3, -0.25) is 4.57 Å². The molecule has 1 saturated heterocycles. The van der Waals surface area contributed by atoms with E-state index < -0.39 is 31.2 Å². The predicted molar refractivity (Wildman–Crippen MR) is 80.5 cm³/mol. The van der Waals surface area contributed by atoms with Crippen LogP contribution in [0.5, 0.6) is 0 Å². The molecule has 120 valence electrons. The fraction of sp³-hybridized carbons (Fsp3) is 0.357. The molecule has 3 aromatic rings. The Balaban J connectivity index is 1.80. The van der Waals surface area contributed by atoms with Crippen LogP contribution >= 0.6 is 11.3 Å². The van der Waals surface area contributed by atoms with Crippen molar-refractivity contribution in [2.24, 2.45) is 0 Å². The van der Waals surface area contributed by atoms with Gasteiger partial charge in [0.15, 0.2) is 18.0 Å². The summed E-state index contributed by atoms with van der Waals surface area (Å²) in [6.45, 7) is -0.503. The van der Waals surface area contributed by atoms with E-state index in [4.69, 9.17) is 9.84 Å². The molecule has 7 nitrogen and oxygen atoms in total. The number of aliphatic hydroxyl groups excluding tert-OH is 2. The first-order valence-electron chi connectivity index (χ1n) is 6.99. The van der Waals surface area contributed by atoms with Gasteiger partial charge in [0, 0.05) is 10.9 Å². The van der Waals surface area contributed by atoms with Crippen LogP contribution in [0, 0.1) is 0 Å². The maximum Gasteiger partial charge on any atom is 0.166 e. The lowest BCUT2D eigenvalue weighted by Gasteiger charge is -2.16. The highest BCUT2D eigenvalue weighted by Gasteiger charge is 2.45. The van der Waals surface area contributed by atoms with E-state index in [1.165, 1.54) is 17.2 Å². The number of hydrogen-bond donors (Lipinski definition) is 2. The Bertz CT molecular complexity index is 825. The Labute approximate surface area is 134 Å². The maximum absolute atomic E-state index is 13.9. The van der Waals surface area contributed by atoms with Crippen molar-refractivity contribution in [3.63, 3.8) is 0 Å². The Hall–Kier alpha value is -1.94. The number of halogens is 1. The summed E-state index contributed by atoms with van der Waals surface area (Å²) in [5.74, 6) is 0. The smallest absolute Gasteiger partial charge is 0.166 e. The van der Waals surface area contributed by atoms with Gasteiger partial charge in [0.05, 0.1) is 12.9 Å². The van der Waals surface area contributed by atoms with Gasteiger partial charge in [-0.2, -0.15) is 11.3 Å². The molecule has 0 bridgehead atoms. The third-order valence-electron chi connectivity index (χ3n) is 3.90. The van der Waals surface area contributed by atoms with E-state index in [0.717, 1.165) is 5.56 Å². The Morgan fingerprint density at radius 3 is 2.91 bits per heavy atom. The number of hydrogen-bond acceptors (Lipinski definition) is 7. The highest BCUT2D eigenvalue weighted by molar-refractivity contribution is 7.08. The minimum absolute atomic E-state index is 0.441. The van der Waals surface area contributed by atoms with Crippen molar-refractivity contribution >= 4 is 22.5 Å². The van der Waals surface area contributed by atoms with Crippen LogP contribution in [0.1, 0.15) is 6.23 Å². The number of aliphatic hydroxyl groups is 2. The first-order valence-corrected chi connectivity index (χ1v) is 7.93. The van der Waals surface area contributed by atoms with Crippen LogP contribution in [0.25, 0.3) is 22.4 Å². The number of thiophene rings is 1. The number of alkyl halides is 1. The summed E-state index contributed by atoms with van der Waals surface area (Å²) in [6, 6.07) is 1.92. The summed E-state index contributed by atoms with van der Waals surface area (Å²) < 4.78 is 20.8. The van der Waals surface area contributed by atoms with Crippen LogP contribution in [0.3, 0.4) is 0 Å². The molecule has 3 aromatic heterocycles. The summed E-state index contributed by atoms with van der Waals surface area (Å²) in [5.41, 5.74) is 2.57. The van der Waals surface area contributed by atoms with E-state index in [2.05, 4.69) is 15.0 Å². The lowest BCUT2D eigenvalue weighted by molar-refractivity contribution is -0.0495. The number of ether oxygens (including phenoxy) is 1. The lowest BCUT2D eigenvalue weighted by Crippen LogP contribution is -2.29. The quantitative estimate of drug-likeness (QED) is 0.745. The molecule has 23 heavy (non-hydrogen) atoms. The normalized spacial score (nSPS) is 27.8. The summed E-state index contributed by atoms with van der Waals surface area (Å²) in [4.78, 5) is 12.7. The van der Waals surface area contributed by atoms with Crippen molar-refractivity contribution < 1.29 is 19.3 Å². The van der Waals surface area contributed by atoms with Gasteiger partial charge in [-0.15, -0.1) is 0 Å². The van der Waals surface area contributed by atoms with E-state index in [0.29, 0.717) is 16.9 Å². The number of nitrogens with zero attached hydrogens (tertiary/aromatic N) is 4. The van der Waals surface area contributed by atoms with Gasteiger partial charge in [-0.1, -0.05) is 0 Å². The van der Waals surface area contributed by atoms with Gasteiger partial charge in [0.2, 0.25) is 0 Å². The average molecular weight is 336 g/mol. The highest BCUT2D eigenvalue weighted by Crippen LogP contribution is 2.34. The van der Waals surface area contributed by atoms with Gasteiger partial charge >= 0.3 is 0 Å². The summed E-state index contributed by atoms with van der Waals surface area (Å²) in [6.07, 6.45) is -2.28. The Kier molecular flexibility index (Phi) is 3.57. The predicted octanol–water partition coefficient (Wildman–Crippen LogP) is 1.14. The highest BCUT2D eigenvalue weighted by atomic mass is 32.1. The monoisotopic (exact) mass is 336 g/mol. The first-order chi connectivity index (χ1) is 11.2. The van der Waals surface area contributed by atoms with Crippen LogP contribution in [0.2, 0.25) is 0 Å². The van der Waals surface area contributed by atoms with Crippen molar-refractivity contribution in [2.45, 2.75) is 24.6 Å². The van der Waals surface area contributed by atoms with Gasteiger partial charge in [0.1, 0.15) is 29.7 Å². The van der Waals surface area contributed by atoms with Crippen molar-refractivity contribution in [2.75, 3.05) is 6.61 Å². The molecule has 4 atom stereocenters. The molecule has 0 saturated carbocycles. The molecule has 1 fully saturated rings. The molecule has 1 aliphatic rings. The largest absolute Gasteiger partial charge is 0.394 e. The SMILES string of the molecule is OC[C@H]1O[C@@H](n2cnc3c(-c4ccsc4)ncnc32)[C@H](O)[C@@H]1F. The number of aromatic nitrogens is 4. The topological polar surface area (TPSA) is 93.3 Å². The van der Waals surface area contributed by atoms with Gasteiger partial charge < -0.3 is 14.9 Å². The molecule has 9 heteroatoms. The molecule has 4 heterocycles. The third-order valence-corrected chi connectivity index (χ3v) is 4.58. The molecular formula is C14H13FN4O3S. The van der Waals surface area contributed by atoms with Crippen molar-refractivity contribution in [1.29, 1.82) is 0 Å². The Morgan fingerprint density at radius 2 is 2.22 bits per heavy atom. The second-order valence-corrected chi connectivity index (χ2v) is 6.02. The molecule has 0 amide bonds. The molecule has 0 radical (unpaired) electrons. The van der Waals surface area contributed by atoms with Crippen LogP contribution in [0.15, 0.2) is 29.5 Å². The van der Waals surface area contributed by atoms with Crippen molar-refractivity contribution in [3.8, 4) is 11.3 Å². The zero-order chi connectivity index (χ0) is 16.0. The third kappa shape index (κ3) is 2.24. The van der Waals surface area contributed by atoms with Crippen molar-refractivity contribution in [1.82, 2.24) is 19.5 Å². The van der Waals surface area contributed by atoms with E-state index in [1.54, 1.807) is 11.3 Å². The van der Waals surface area contributed by atoms with Gasteiger partial charge in [0.25, 0.3) is 0 Å². The van der Waals surface area contributed by atoms with Gasteiger partial charge in [-0.25, -0.2) is 19.3 Å². The number of rotatable bonds is 3. The fourth-order valence-corrected chi connectivity index (χ4v) is 3.37. The van der Waals surface area contributed by atoms with Crippen LogP contribution in [-0.2, 0) is 4.74 Å². The minimum Gasteiger partial charge on any atom is -0.394 e. The molecule has 2 N–H and O–H groups in total. The molecule has 4 rings (SSSR count). The molecule has 1 aliphatic heterocycles. The van der Waals surface area contributed by atoms with Crippen LogP contribution in [0.4, 0.5) is 4.39 Å². The minimum atomic E-state index is -1.67.